The molecule has 0 spiro atoms. The molecule has 0 amide bonds. The van der Waals surface area contributed by atoms with Gasteiger partial charge in [-0.3, -0.25) is 4.90 Å². The maximum Gasteiger partial charge on any atom is 0.0876 e. The number of hydrogen-bond acceptors (Lipinski definition) is 3. The van der Waals surface area contributed by atoms with E-state index < -0.39 is 0 Å². The molecule has 0 bridgehead atoms. The molecule has 0 saturated carbocycles. The van der Waals surface area contributed by atoms with Gasteiger partial charge in [-0.05, 0) is 27.7 Å². The van der Waals surface area contributed by atoms with Gasteiger partial charge in [-0.25, -0.2) is 0 Å². The van der Waals surface area contributed by atoms with E-state index in [1.165, 1.54) is 0 Å². The second-order valence-corrected chi connectivity index (χ2v) is 4.77. The SMILES string of the molecule is CC(C)N1CCO[C@H](C(C)(C)N)C1. The Kier molecular flexibility index (Phi) is 3.33. The minimum atomic E-state index is -0.229. The van der Waals surface area contributed by atoms with Crippen LogP contribution in [0.25, 0.3) is 0 Å². The molecule has 0 aromatic carbocycles. The van der Waals surface area contributed by atoms with Crippen molar-refractivity contribution in [2.75, 3.05) is 19.7 Å². The Morgan fingerprint density at radius 1 is 1.46 bits per heavy atom. The van der Waals surface area contributed by atoms with E-state index in [1.807, 2.05) is 13.8 Å². The van der Waals surface area contributed by atoms with E-state index >= 15 is 0 Å². The van der Waals surface area contributed by atoms with E-state index in [-0.39, 0.29) is 11.6 Å². The Hall–Kier alpha value is -0.120. The standard InChI is InChI=1S/C10H22N2O/c1-8(2)12-5-6-13-9(7-12)10(3,4)11/h8-9H,5-7,11H2,1-4H3/t9-/m0/s1. The lowest BCUT2D eigenvalue weighted by molar-refractivity contribution is -0.0669. The summed E-state index contributed by atoms with van der Waals surface area (Å²) in [5.74, 6) is 0. The fourth-order valence-electron chi connectivity index (χ4n) is 1.59. The van der Waals surface area contributed by atoms with E-state index in [0.29, 0.717) is 6.04 Å². The van der Waals surface area contributed by atoms with Crippen LogP contribution in [-0.4, -0.2) is 42.3 Å². The van der Waals surface area contributed by atoms with Crippen molar-refractivity contribution in [3.63, 3.8) is 0 Å². The van der Waals surface area contributed by atoms with Crippen molar-refractivity contribution in [1.82, 2.24) is 4.90 Å². The van der Waals surface area contributed by atoms with Crippen molar-refractivity contribution in [3.05, 3.63) is 0 Å². The molecule has 1 heterocycles. The third-order valence-electron chi connectivity index (χ3n) is 2.66. The zero-order chi connectivity index (χ0) is 10.1. The van der Waals surface area contributed by atoms with Gasteiger partial charge in [-0.15, -0.1) is 0 Å². The van der Waals surface area contributed by atoms with Gasteiger partial charge in [0.25, 0.3) is 0 Å². The molecule has 1 aliphatic rings. The predicted molar refractivity (Wildman–Crippen MR) is 54.7 cm³/mol. The highest BCUT2D eigenvalue weighted by Gasteiger charge is 2.31. The highest BCUT2D eigenvalue weighted by atomic mass is 16.5. The predicted octanol–water partition coefficient (Wildman–Crippen LogP) is 0.833. The van der Waals surface area contributed by atoms with Crippen LogP contribution in [-0.2, 0) is 4.74 Å². The van der Waals surface area contributed by atoms with Crippen LogP contribution in [0.3, 0.4) is 0 Å². The van der Waals surface area contributed by atoms with Crippen LogP contribution in [0.5, 0.6) is 0 Å². The first kappa shape index (κ1) is 11.0. The van der Waals surface area contributed by atoms with Crippen LogP contribution >= 0.6 is 0 Å². The summed E-state index contributed by atoms with van der Waals surface area (Å²) in [5, 5.41) is 0. The molecule has 0 aromatic rings. The molecule has 3 heteroatoms. The topological polar surface area (TPSA) is 38.5 Å². The molecular formula is C10H22N2O. The highest BCUT2D eigenvalue weighted by Crippen LogP contribution is 2.16. The van der Waals surface area contributed by atoms with E-state index in [4.69, 9.17) is 10.5 Å². The molecule has 1 atom stereocenters. The lowest BCUT2D eigenvalue weighted by Gasteiger charge is -2.41. The Morgan fingerprint density at radius 2 is 2.08 bits per heavy atom. The lowest BCUT2D eigenvalue weighted by Crippen LogP contribution is -2.57. The number of hydrogen-bond donors (Lipinski definition) is 1. The number of nitrogens with zero attached hydrogens (tertiary/aromatic N) is 1. The van der Waals surface area contributed by atoms with Crippen LogP contribution in [0, 0.1) is 0 Å². The summed E-state index contributed by atoms with van der Waals surface area (Å²) < 4.78 is 5.66. The maximum absolute atomic E-state index is 6.02. The third-order valence-corrected chi connectivity index (χ3v) is 2.66. The van der Waals surface area contributed by atoms with Crippen molar-refractivity contribution < 1.29 is 4.74 Å². The summed E-state index contributed by atoms with van der Waals surface area (Å²) in [6.07, 6.45) is 0.170. The maximum atomic E-state index is 6.02. The van der Waals surface area contributed by atoms with E-state index in [1.54, 1.807) is 0 Å². The molecule has 13 heavy (non-hydrogen) atoms. The molecule has 0 aliphatic carbocycles. The monoisotopic (exact) mass is 186 g/mol. The van der Waals surface area contributed by atoms with Crippen molar-refractivity contribution in [1.29, 1.82) is 0 Å². The Labute approximate surface area is 81.2 Å². The molecule has 1 fully saturated rings. The molecule has 2 N–H and O–H groups in total. The molecule has 0 radical (unpaired) electrons. The Morgan fingerprint density at radius 3 is 2.54 bits per heavy atom. The number of ether oxygens (including phenoxy) is 1. The van der Waals surface area contributed by atoms with E-state index in [2.05, 4.69) is 18.7 Å². The van der Waals surface area contributed by atoms with Gasteiger partial charge in [0.1, 0.15) is 0 Å². The minimum absolute atomic E-state index is 0.170. The van der Waals surface area contributed by atoms with Gasteiger partial charge < -0.3 is 10.5 Å². The average molecular weight is 186 g/mol. The smallest absolute Gasteiger partial charge is 0.0876 e. The van der Waals surface area contributed by atoms with E-state index in [9.17, 15) is 0 Å². The number of nitrogens with two attached hydrogens (primary N) is 1. The highest BCUT2D eigenvalue weighted by molar-refractivity contribution is 4.88. The average Bonchev–Trinajstić information content (AvgIpc) is 2.03. The number of morpholine rings is 1. The first-order chi connectivity index (χ1) is 5.91. The van der Waals surface area contributed by atoms with Gasteiger partial charge in [-0.1, -0.05) is 0 Å². The van der Waals surface area contributed by atoms with Crippen molar-refractivity contribution in [3.8, 4) is 0 Å². The fraction of sp³-hybridized carbons (Fsp3) is 1.00. The normalized spacial score (nSPS) is 26.8. The minimum Gasteiger partial charge on any atom is -0.374 e. The summed E-state index contributed by atoms with van der Waals surface area (Å²) >= 11 is 0. The zero-order valence-corrected chi connectivity index (χ0v) is 9.21. The van der Waals surface area contributed by atoms with Crippen molar-refractivity contribution in [2.24, 2.45) is 5.73 Å². The van der Waals surface area contributed by atoms with Gasteiger partial charge in [0.05, 0.1) is 12.7 Å². The molecule has 0 unspecified atom stereocenters. The van der Waals surface area contributed by atoms with Crippen molar-refractivity contribution >= 4 is 0 Å². The van der Waals surface area contributed by atoms with Crippen LogP contribution in [0.4, 0.5) is 0 Å². The molecule has 78 valence electrons. The van der Waals surface area contributed by atoms with E-state index in [0.717, 1.165) is 19.7 Å². The van der Waals surface area contributed by atoms with Gasteiger partial charge >= 0.3 is 0 Å². The van der Waals surface area contributed by atoms with Crippen LogP contribution < -0.4 is 5.73 Å². The molecule has 3 nitrogen and oxygen atoms in total. The molecule has 0 aromatic heterocycles. The molecular weight excluding hydrogens is 164 g/mol. The van der Waals surface area contributed by atoms with Crippen molar-refractivity contribution in [2.45, 2.75) is 45.4 Å². The fourth-order valence-corrected chi connectivity index (χ4v) is 1.59. The zero-order valence-electron chi connectivity index (χ0n) is 9.21. The molecule has 1 aliphatic heterocycles. The second-order valence-electron chi connectivity index (χ2n) is 4.77. The summed E-state index contributed by atoms with van der Waals surface area (Å²) in [6, 6.07) is 0.591. The molecule has 1 saturated heterocycles. The largest absolute Gasteiger partial charge is 0.374 e. The first-order valence-corrected chi connectivity index (χ1v) is 5.06. The van der Waals surface area contributed by atoms with Crippen LogP contribution in [0.1, 0.15) is 27.7 Å². The first-order valence-electron chi connectivity index (χ1n) is 5.06. The second kappa shape index (κ2) is 3.95. The third kappa shape index (κ3) is 2.93. The van der Waals surface area contributed by atoms with Gasteiger partial charge in [-0.2, -0.15) is 0 Å². The summed E-state index contributed by atoms with van der Waals surface area (Å²) in [5.41, 5.74) is 5.79. The van der Waals surface area contributed by atoms with Gasteiger partial charge in [0.2, 0.25) is 0 Å². The quantitative estimate of drug-likeness (QED) is 0.694. The lowest BCUT2D eigenvalue weighted by atomic mass is 9.97. The van der Waals surface area contributed by atoms with Crippen LogP contribution in [0.15, 0.2) is 0 Å². The van der Waals surface area contributed by atoms with Crippen LogP contribution in [0.2, 0.25) is 0 Å². The summed E-state index contributed by atoms with van der Waals surface area (Å²) in [4.78, 5) is 2.42. The molecule has 1 rings (SSSR count). The summed E-state index contributed by atoms with van der Waals surface area (Å²) in [7, 11) is 0. The summed E-state index contributed by atoms with van der Waals surface area (Å²) in [6.45, 7) is 11.3. The number of rotatable bonds is 2. The Bertz CT molecular complexity index is 163. The van der Waals surface area contributed by atoms with Gasteiger partial charge in [0.15, 0.2) is 0 Å². The Balaban J connectivity index is 2.52. The van der Waals surface area contributed by atoms with Gasteiger partial charge in [0, 0.05) is 24.7 Å².